The highest BCUT2D eigenvalue weighted by Crippen LogP contribution is 2.33. The van der Waals surface area contributed by atoms with Crippen LogP contribution in [0.4, 0.5) is 20.3 Å². The first-order valence-corrected chi connectivity index (χ1v) is 6.43. The Morgan fingerprint density at radius 3 is 2.38 bits per heavy atom. The molecule has 110 valence electrons. The summed E-state index contributed by atoms with van der Waals surface area (Å²) >= 11 is 16.9. The molecule has 2 N–H and O–H groups in total. The van der Waals surface area contributed by atoms with Gasteiger partial charge in [-0.25, -0.2) is 18.6 Å². The standard InChI is InChI=1S/C12H5Cl3F2N2O2/c13-4-1-7(15)11(18-3-4)19-10-5(12(20)21)2-6(14)8(16)9(10)17/h1-3H,(H,18,19)(H,20,21). The van der Waals surface area contributed by atoms with Crippen LogP contribution in [0.2, 0.25) is 15.1 Å². The van der Waals surface area contributed by atoms with E-state index in [1.54, 1.807) is 0 Å². The Kier molecular flexibility index (Phi) is 4.51. The fourth-order valence-electron chi connectivity index (χ4n) is 1.51. The van der Waals surface area contributed by atoms with Crippen LogP contribution in [0.3, 0.4) is 0 Å². The van der Waals surface area contributed by atoms with Crippen LogP contribution in [-0.4, -0.2) is 16.1 Å². The normalized spacial score (nSPS) is 10.5. The molecule has 21 heavy (non-hydrogen) atoms. The van der Waals surface area contributed by atoms with Crippen LogP contribution in [0.15, 0.2) is 18.3 Å². The molecule has 4 nitrogen and oxygen atoms in total. The first-order valence-electron chi connectivity index (χ1n) is 5.30. The highest BCUT2D eigenvalue weighted by atomic mass is 35.5. The van der Waals surface area contributed by atoms with Gasteiger partial charge in [0, 0.05) is 6.20 Å². The lowest BCUT2D eigenvalue weighted by Gasteiger charge is -2.12. The molecule has 1 aromatic heterocycles. The van der Waals surface area contributed by atoms with Crippen LogP contribution < -0.4 is 5.32 Å². The number of anilines is 2. The molecule has 0 aliphatic carbocycles. The topological polar surface area (TPSA) is 62.2 Å². The zero-order valence-corrected chi connectivity index (χ0v) is 12.2. The number of carboxylic acids is 1. The maximum atomic E-state index is 13.9. The SMILES string of the molecule is O=C(O)c1cc(Cl)c(F)c(F)c1Nc1ncc(Cl)cc1Cl. The average molecular weight is 354 g/mol. The molecule has 0 saturated carbocycles. The summed E-state index contributed by atoms with van der Waals surface area (Å²) in [6.45, 7) is 0. The summed E-state index contributed by atoms with van der Waals surface area (Å²) in [4.78, 5) is 14.9. The highest BCUT2D eigenvalue weighted by Gasteiger charge is 2.22. The molecule has 0 aliphatic heterocycles. The molecule has 0 unspecified atom stereocenters. The molecule has 0 fully saturated rings. The fourth-order valence-corrected chi connectivity index (χ4v) is 2.13. The fraction of sp³-hybridized carbons (Fsp3) is 0. The van der Waals surface area contributed by atoms with E-state index in [9.17, 15) is 13.6 Å². The van der Waals surface area contributed by atoms with Gasteiger partial charge in [0.05, 0.1) is 26.3 Å². The average Bonchev–Trinajstić information content (AvgIpc) is 2.41. The summed E-state index contributed by atoms with van der Waals surface area (Å²) in [6.07, 6.45) is 1.21. The van der Waals surface area contributed by atoms with Gasteiger partial charge in [0.2, 0.25) is 0 Å². The quantitative estimate of drug-likeness (QED) is 0.781. The van der Waals surface area contributed by atoms with E-state index in [4.69, 9.17) is 39.9 Å². The minimum Gasteiger partial charge on any atom is -0.478 e. The second-order valence-electron chi connectivity index (χ2n) is 3.82. The highest BCUT2D eigenvalue weighted by molar-refractivity contribution is 6.36. The molecule has 2 rings (SSSR count). The van der Waals surface area contributed by atoms with Crippen molar-refractivity contribution in [2.75, 3.05) is 5.32 Å². The van der Waals surface area contributed by atoms with Crippen molar-refractivity contribution in [3.05, 3.63) is 50.6 Å². The zero-order valence-electron chi connectivity index (χ0n) is 9.92. The van der Waals surface area contributed by atoms with Gasteiger partial charge in [0.15, 0.2) is 11.6 Å². The van der Waals surface area contributed by atoms with Crippen molar-refractivity contribution >= 4 is 52.3 Å². The third-order valence-corrected chi connectivity index (χ3v) is 3.21. The molecule has 0 spiro atoms. The molecule has 0 atom stereocenters. The van der Waals surface area contributed by atoms with Crippen LogP contribution in [0.1, 0.15) is 10.4 Å². The number of nitrogens with zero attached hydrogens (tertiary/aromatic N) is 1. The van der Waals surface area contributed by atoms with Crippen molar-refractivity contribution in [2.45, 2.75) is 0 Å². The monoisotopic (exact) mass is 352 g/mol. The van der Waals surface area contributed by atoms with E-state index < -0.39 is 33.9 Å². The Balaban J connectivity index is 2.57. The van der Waals surface area contributed by atoms with E-state index in [0.29, 0.717) is 0 Å². The number of benzene rings is 1. The van der Waals surface area contributed by atoms with Gasteiger partial charge >= 0.3 is 5.97 Å². The van der Waals surface area contributed by atoms with Gasteiger partial charge in [-0.2, -0.15) is 0 Å². The first-order chi connectivity index (χ1) is 9.81. The van der Waals surface area contributed by atoms with Crippen molar-refractivity contribution < 1.29 is 18.7 Å². The summed E-state index contributed by atoms with van der Waals surface area (Å²) in [5.41, 5.74) is -1.20. The van der Waals surface area contributed by atoms with Gasteiger partial charge in [-0.05, 0) is 12.1 Å². The van der Waals surface area contributed by atoms with Gasteiger partial charge < -0.3 is 10.4 Å². The third kappa shape index (κ3) is 3.18. The number of aromatic nitrogens is 1. The maximum absolute atomic E-state index is 13.9. The molecule has 0 radical (unpaired) electrons. The molecule has 1 heterocycles. The van der Waals surface area contributed by atoms with Gasteiger partial charge in [0.25, 0.3) is 0 Å². The van der Waals surface area contributed by atoms with Crippen LogP contribution in [-0.2, 0) is 0 Å². The van der Waals surface area contributed by atoms with Crippen LogP contribution >= 0.6 is 34.8 Å². The van der Waals surface area contributed by atoms with Crippen LogP contribution in [0.5, 0.6) is 0 Å². The van der Waals surface area contributed by atoms with Gasteiger partial charge in [-0.3, -0.25) is 0 Å². The first kappa shape index (κ1) is 15.8. The second-order valence-corrected chi connectivity index (χ2v) is 5.07. The predicted molar refractivity (Wildman–Crippen MR) is 75.9 cm³/mol. The smallest absolute Gasteiger partial charge is 0.337 e. The van der Waals surface area contributed by atoms with Crippen molar-refractivity contribution in [1.82, 2.24) is 4.98 Å². The summed E-state index contributed by atoms with van der Waals surface area (Å²) in [5.74, 6) is -4.41. The summed E-state index contributed by atoms with van der Waals surface area (Å²) in [7, 11) is 0. The molecule has 0 bridgehead atoms. The maximum Gasteiger partial charge on any atom is 0.337 e. The Morgan fingerprint density at radius 2 is 1.81 bits per heavy atom. The number of nitrogens with one attached hydrogen (secondary N) is 1. The lowest BCUT2D eigenvalue weighted by atomic mass is 10.1. The lowest BCUT2D eigenvalue weighted by Crippen LogP contribution is -2.08. The molecule has 2 aromatic rings. The Hall–Kier alpha value is -1.63. The molecular formula is C12H5Cl3F2N2O2. The van der Waals surface area contributed by atoms with E-state index >= 15 is 0 Å². The molecule has 0 amide bonds. The molecule has 9 heteroatoms. The summed E-state index contributed by atoms with van der Waals surface area (Å²) < 4.78 is 27.4. The van der Waals surface area contributed by atoms with E-state index in [0.717, 1.165) is 6.07 Å². The van der Waals surface area contributed by atoms with Crippen molar-refractivity contribution in [3.63, 3.8) is 0 Å². The number of rotatable bonds is 3. The van der Waals surface area contributed by atoms with E-state index in [-0.39, 0.29) is 15.9 Å². The predicted octanol–water partition coefficient (Wildman–Crippen LogP) is 4.76. The van der Waals surface area contributed by atoms with Crippen LogP contribution in [0, 0.1) is 11.6 Å². The number of hydrogen-bond donors (Lipinski definition) is 2. The third-order valence-electron chi connectivity index (χ3n) is 2.44. The van der Waals surface area contributed by atoms with Gasteiger partial charge in [-0.1, -0.05) is 34.8 Å². The number of carboxylic acid groups (broad SMARTS) is 1. The van der Waals surface area contributed by atoms with Crippen molar-refractivity contribution in [3.8, 4) is 0 Å². The second kappa shape index (κ2) is 6.01. The van der Waals surface area contributed by atoms with Crippen molar-refractivity contribution in [1.29, 1.82) is 0 Å². The zero-order chi connectivity index (χ0) is 15.7. The van der Waals surface area contributed by atoms with Crippen LogP contribution in [0.25, 0.3) is 0 Å². The Bertz CT molecular complexity index is 741. The minimum atomic E-state index is -1.50. The Labute approximate surface area is 132 Å². The van der Waals surface area contributed by atoms with Crippen molar-refractivity contribution in [2.24, 2.45) is 0 Å². The van der Waals surface area contributed by atoms with E-state index in [2.05, 4.69) is 10.3 Å². The van der Waals surface area contributed by atoms with Gasteiger partial charge in [0.1, 0.15) is 5.82 Å². The molecule has 1 aromatic carbocycles. The number of carbonyl (C=O) groups is 1. The van der Waals surface area contributed by atoms with Gasteiger partial charge in [-0.15, -0.1) is 0 Å². The minimum absolute atomic E-state index is 0.00796. The summed E-state index contributed by atoms with van der Waals surface area (Å²) in [6, 6.07) is 2.09. The largest absolute Gasteiger partial charge is 0.478 e. The van der Waals surface area contributed by atoms with E-state index in [1.165, 1.54) is 12.3 Å². The number of pyridine rings is 1. The van der Waals surface area contributed by atoms with E-state index in [1.807, 2.05) is 0 Å². The number of hydrogen-bond acceptors (Lipinski definition) is 3. The molecule has 0 aliphatic rings. The lowest BCUT2D eigenvalue weighted by molar-refractivity contribution is 0.0697. The Morgan fingerprint density at radius 1 is 1.14 bits per heavy atom. The number of halogens is 5. The molecular weight excluding hydrogens is 348 g/mol. The number of aromatic carboxylic acids is 1. The molecule has 0 saturated heterocycles. The summed E-state index contributed by atoms with van der Waals surface area (Å²) in [5, 5.41) is 11.0.